The number of aromatic amines is 1. The largest absolute Gasteiger partial charge is 0.345 e. The van der Waals surface area contributed by atoms with Crippen molar-refractivity contribution in [3.63, 3.8) is 0 Å². The Bertz CT molecular complexity index is 635. The number of likely N-dealkylation sites (tertiary alicyclic amines) is 1. The first-order chi connectivity index (χ1) is 10.2. The van der Waals surface area contributed by atoms with Crippen molar-refractivity contribution in [3.05, 3.63) is 41.7 Å². The second-order valence-electron chi connectivity index (χ2n) is 5.23. The van der Waals surface area contributed by atoms with Crippen molar-refractivity contribution >= 4 is 6.41 Å². The number of piperidine rings is 1. The average molecular weight is 291 g/mol. The zero-order chi connectivity index (χ0) is 14.8. The van der Waals surface area contributed by atoms with Crippen LogP contribution in [0.4, 0.5) is 8.78 Å². The van der Waals surface area contributed by atoms with Crippen LogP contribution in [-0.2, 0) is 4.79 Å². The van der Waals surface area contributed by atoms with Crippen LogP contribution in [0.25, 0.3) is 11.1 Å². The Morgan fingerprint density at radius 2 is 2.00 bits per heavy atom. The van der Waals surface area contributed by atoms with E-state index in [0.717, 1.165) is 6.41 Å². The molecule has 0 saturated carbocycles. The normalized spacial score (nSPS) is 16.2. The van der Waals surface area contributed by atoms with Crippen LogP contribution in [0.2, 0.25) is 0 Å². The number of hydrogen-bond acceptors (Lipinski definition) is 2. The molecule has 1 aromatic carbocycles. The Kier molecular flexibility index (Phi) is 3.68. The molecular weight excluding hydrogens is 276 g/mol. The lowest BCUT2D eigenvalue weighted by molar-refractivity contribution is -0.119. The summed E-state index contributed by atoms with van der Waals surface area (Å²) >= 11 is 0. The average Bonchev–Trinajstić information content (AvgIpc) is 3.04. The van der Waals surface area contributed by atoms with E-state index in [9.17, 15) is 13.6 Å². The van der Waals surface area contributed by atoms with E-state index in [1.165, 1.54) is 12.4 Å². The number of rotatable bonds is 3. The summed E-state index contributed by atoms with van der Waals surface area (Å²) in [6.45, 7) is 1.16. The summed E-state index contributed by atoms with van der Waals surface area (Å²) in [4.78, 5) is 12.3. The highest BCUT2D eigenvalue weighted by Crippen LogP contribution is 2.33. The van der Waals surface area contributed by atoms with Gasteiger partial charge in [0.05, 0.1) is 6.20 Å². The molecule has 1 aromatic heterocycles. The molecule has 4 nitrogen and oxygen atoms in total. The Hall–Kier alpha value is -2.24. The van der Waals surface area contributed by atoms with E-state index in [1.807, 2.05) is 0 Å². The van der Waals surface area contributed by atoms with Crippen molar-refractivity contribution in [3.8, 4) is 11.1 Å². The predicted molar refractivity (Wildman–Crippen MR) is 73.6 cm³/mol. The van der Waals surface area contributed by atoms with Gasteiger partial charge >= 0.3 is 0 Å². The van der Waals surface area contributed by atoms with Crippen molar-refractivity contribution in [2.75, 3.05) is 13.1 Å². The van der Waals surface area contributed by atoms with Crippen LogP contribution in [0.5, 0.6) is 0 Å². The number of nitrogens with one attached hydrogen (secondary N) is 1. The molecule has 1 N–H and O–H groups in total. The fraction of sp³-hybridized carbons (Fsp3) is 0.333. The number of halogens is 2. The van der Waals surface area contributed by atoms with Crippen molar-refractivity contribution in [1.82, 2.24) is 15.1 Å². The third-order valence-corrected chi connectivity index (χ3v) is 4.04. The number of hydrogen-bond donors (Lipinski definition) is 1. The van der Waals surface area contributed by atoms with Crippen LogP contribution in [0, 0.1) is 11.6 Å². The number of nitrogens with zero attached hydrogens (tertiary/aromatic N) is 2. The molecule has 2 heterocycles. The second-order valence-corrected chi connectivity index (χ2v) is 5.23. The molecule has 6 heteroatoms. The number of benzene rings is 1. The van der Waals surface area contributed by atoms with E-state index in [1.54, 1.807) is 17.0 Å². The number of carbonyl (C=O) groups excluding carboxylic acids is 1. The highest BCUT2D eigenvalue weighted by molar-refractivity contribution is 5.63. The van der Waals surface area contributed by atoms with Crippen LogP contribution >= 0.6 is 0 Å². The van der Waals surface area contributed by atoms with Crippen LogP contribution in [0.3, 0.4) is 0 Å². The van der Waals surface area contributed by atoms with Gasteiger partial charge in [-0.25, -0.2) is 8.78 Å². The van der Waals surface area contributed by atoms with Gasteiger partial charge in [-0.05, 0) is 24.3 Å². The van der Waals surface area contributed by atoms with Gasteiger partial charge in [-0.15, -0.1) is 0 Å². The molecule has 1 fully saturated rings. The summed E-state index contributed by atoms with van der Waals surface area (Å²) in [5.41, 5.74) is 1.12. The summed E-state index contributed by atoms with van der Waals surface area (Å²) in [6.07, 6.45) is 5.09. The molecular formula is C15H15F2N3O. The SMILES string of the molecule is O=CN1CCC(c2ccc(-c3cn[nH]c3)c(F)c2F)CC1. The van der Waals surface area contributed by atoms with E-state index in [2.05, 4.69) is 10.2 Å². The van der Waals surface area contributed by atoms with Crippen LogP contribution in [-0.4, -0.2) is 34.6 Å². The predicted octanol–water partition coefficient (Wildman–Crippen LogP) is 2.69. The minimum atomic E-state index is -0.841. The lowest BCUT2D eigenvalue weighted by Crippen LogP contribution is -2.32. The molecule has 0 aliphatic carbocycles. The number of carbonyl (C=O) groups is 1. The van der Waals surface area contributed by atoms with Gasteiger partial charge in [-0.1, -0.05) is 12.1 Å². The van der Waals surface area contributed by atoms with Crippen molar-refractivity contribution in [2.45, 2.75) is 18.8 Å². The van der Waals surface area contributed by atoms with E-state index < -0.39 is 11.6 Å². The van der Waals surface area contributed by atoms with E-state index >= 15 is 0 Å². The molecule has 0 unspecified atom stereocenters. The van der Waals surface area contributed by atoms with Crippen LogP contribution in [0.1, 0.15) is 24.3 Å². The maximum absolute atomic E-state index is 14.3. The second kappa shape index (κ2) is 5.63. The Labute approximate surface area is 120 Å². The lowest BCUT2D eigenvalue weighted by atomic mass is 9.88. The summed E-state index contributed by atoms with van der Waals surface area (Å²) in [7, 11) is 0. The molecule has 0 bridgehead atoms. The molecule has 3 rings (SSSR count). The summed E-state index contributed by atoms with van der Waals surface area (Å²) in [5.74, 6) is -1.68. The standard InChI is InChI=1S/C15H15F2N3O/c16-14-12(10-3-5-20(9-21)6-4-10)1-2-13(15(14)17)11-7-18-19-8-11/h1-2,7-10H,3-6H2,(H,18,19). The minimum Gasteiger partial charge on any atom is -0.345 e. The van der Waals surface area contributed by atoms with Crippen LogP contribution in [0.15, 0.2) is 24.5 Å². The quantitative estimate of drug-likeness (QED) is 0.884. The molecule has 0 spiro atoms. The van der Waals surface area contributed by atoms with Crippen molar-refractivity contribution in [1.29, 1.82) is 0 Å². The fourth-order valence-corrected chi connectivity index (χ4v) is 2.82. The van der Waals surface area contributed by atoms with E-state index in [0.29, 0.717) is 37.1 Å². The monoisotopic (exact) mass is 291 g/mol. The maximum atomic E-state index is 14.3. The highest BCUT2D eigenvalue weighted by Gasteiger charge is 2.25. The number of aromatic nitrogens is 2. The first-order valence-corrected chi connectivity index (χ1v) is 6.87. The molecule has 110 valence electrons. The molecule has 1 amide bonds. The number of amides is 1. The van der Waals surface area contributed by atoms with Gasteiger partial charge in [0.25, 0.3) is 0 Å². The summed E-state index contributed by atoms with van der Waals surface area (Å²) in [5, 5.41) is 6.33. The molecule has 2 aromatic rings. The van der Waals surface area contributed by atoms with Gasteiger partial charge < -0.3 is 4.90 Å². The zero-order valence-corrected chi connectivity index (χ0v) is 11.4. The molecule has 1 saturated heterocycles. The maximum Gasteiger partial charge on any atom is 0.209 e. The van der Waals surface area contributed by atoms with E-state index in [-0.39, 0.29) is 11.5 Å². The zero-order valence-electron chi connectivity index (χ0n) is 11.4. The summed E-state index contributed by atoms with van der Waals surface area (Å²) in [6, 6.07) is 3.23. The van der Waals surface area contributed by atoms with E-state index in [4.69, 9.17) is 0 Å². The van der Waals surface area contributed by atoms with Gasteiger partial charge in [0.1, 0.15) is 0 Å². The smallest absolute Gasteiger partial charge is 0.209 e. The van der Waals surface area contributed by atoms with Gasteiger partial charge in [-0.3, -0.25) is 9.89 Å². The Morgan fingerprint density at radius 1 is 1.24 bits per heavy atom. The van der Waals surface area contributed by atoms with Crippen LogP contribution < -0.4 is 0 Å². The van der Waals surface area contributed by atoms with Crippen molar-refractivity contribution in [2.24, 2.45) is 0 Å². The third-order valence-electron chi connectivity index (χ3n) is 4.04. The first-order valence-electron chi connectivity index (χ1n) is 6.87. The van der Waals surface area contributed by atoms with Crippen molar-refractivity contribution < 1.29 is 13.6 Å². The molecule has 0 radical (unpaired) electrons. The topological polar surface area (TPSA) is 49.0 Å². The van der Waals surface area contributed by atoms with Gasteiger partial charge in [0.15, 0.2) is 11.6 Å². The first kappa shape index (κ1) is 13.7. The number of H-pyrrole nitrogens is 1. The van der Waals surface area contributed by atoms with Gasteiger partial charge in [0.2, 0.25) is 6.41 Å². The molecule has 0 atom stereocenters. The van der Waals surface area contributed by atoms with Gasteiger partial charge in [0, 0.05) is 30.4 Å². The van der Waals surface area contributed by atoms with Gasteiger partial charge in [-0.2, -0.15) is 5.10 Å². The highest BCUT2D eigenvalue weighted by atomic mass is 19.2. The summed E-state index contributed by atoms with van der Waals surface area (Å²) < 4.78 is 28.6. The lowest BCUT2D eigenvalue weighted by Gasteiger charge is -2.29. The minimum absolute atomic E-state index is 0.0471. The molecule has 1 aliphatic rings. The Morgan fingerprint density at radius 3 is 2.62 bits per heavy atom. The molecule has 21 heavy (non-hydrogen) atoms. The fourth-order valence-electron chi connectivity index (χ4n) is 2.82. The Balaban J connectivity index is 1.88. The molecule has 1 aliphatic heterocycles. The third kappa shape index (κ3) is 2.53.